The molecule has 0 aliphatic heterocycles. The van der Waals surface area contributed by atoms with Gasteiger partial charge in [0.25, 0.3) is 5.88 Å². The second-order valence-electron chi connectivity index (χ2n) is 8.80. The summed E-state index contributed by atoms with van der Waals surface area (Å²) in [6, 6.07) is 16.4. The van der Waals surface area contributed by atoms with Crippen molar-refractivity contribution in [2.75, 3.05) is 7.11 Å². The van der Waals surface area contributed by atoms with E-state index in [1.165, 1.54) is 25.7 Å². The van der Waals surface area contributed by atoms with Gasteiger partial charge in [-0.1, -0.05) is 54.1 Å². The fraction of sp³-hybridized carbons (Fsp3) is 0.179. The number of nitrogens with zero attached hydrogens (tertiary/aromatic N) is 4. The molecule has 0 saturated heterocycles. The first kappa shape index (κ1) is 26.5. The lowest BCUT2D eigenvalue weighted by Crippen LogP contribution is -2.31. The number of rotatable bonds is 7. The Morgan fingerprint density at radius 2 is 1.74 bits per heavy atom. The minimum absolute atomic E-state index is 0.108. The smallest absolute Gasteiger partial charge is 0.433 e. The average Bonchev–Trinajstić information content (AvgIpc) is 3.38. The lowest BCUT2D eigenvalue weighted by Gasteiger charge is -2.30. The van der Waals surface area contributed by atoms with E-state index < -0.39 is 17.5 Å². The molecule has 0 aliphatic carbocycles. The summed E-state index contributed by atoms with van der Waals surface area (Å²) in [7, 11) is 3.12. The van der Waals surface area contributed by atoms with Crippen LogP contribution in [0.1, 0.15) is 28.1 Å². The third-order valence-corrected chi connectivity index (χ3v) is 6.72. The van der Waals surface area contributed by atoms with Gasteiger partial charge in [0, 0.05) is 24.2 Å². The molecule has 0 saturated carbocycles. The zero-order chi connectivity index (χ0) is 27.8. The molecule has 3 heterocycles. The number of halogens is 4. The van der Waals surface area contributed by atoms with Crippen LogP contribution in [0.25, 0.3) is 10.9 Å². The predicted molar refractivity (Wildman–Crippen MR) is 139 cm³/mol. The monoisotopic (exact) mass is 554 g/mol. The van der Waals surface area contributed by atoms with Gasteiger partial charge in [-0.25, -0.2) is 9.97 Å². The third-order valence-electron chi connectivity index (χ3n) is 6.34. The molecule has 11 heteroatoms. The number of aliphatic hydroxyl groups is 1. The number of aryl methyl sites for hydroxylation is 1. The van der Waals surface area contributed by atoms with Crippen molar-refractivity contribution in [3.63, 3.8) is 0 Å². The number of ether oxygens (including phenoxy) is 2. The maximum atomic E-state index is 13.2. The lowest BCUT2D eigenvalue weighted by molar-refractivity contribution is -0.141. The molecule has 0 spiro atoms. The van der Waals surface area contributed by atoms with Gasteiger partial charge in [-0.15, -0.1) is 0 Å². The van der Waals surface area contributed by atoms with Crippen LogP contribution in [0.15, 0.2) is 79.4 Å². The summed E-state index contributed by atoms with van der Waals surface area (Å²) < 4.78 is 52.5. The highest BCUT2D eigenvalue weighted by Crippen LogP contribution is 2.43. The summed E-state index contributed by atoms with van der Waals surface area (Å²) in [4.78, 5) is 12.2. The first-order chi connectivity index (χ1) is 18.6. The van der Waals surface area contributed by atoms with Gasteiger partial charge in [-0.3, -0.25) is 4.98 Å². The second-order valence-corrected chi connectivity index (χ2v) is 9.18. The molecule has 3 aromatic heterocycles. The van der Waals surface area contributed by atoms with Crippen molar-refractivity contribution in [3.05, 3.63) is 112 Å². The molecule has 39 heavy (non-hydrogen) atoms. The average molecular weight is 555 g/mol. The molecular formula is C28H22ClF3N4O3. The van der Waals surface area contributed by atoms with Crippen LogP contribution in [0.5, 0.6) is 11.6 Å². The molecule has 0 radical (unpaired) electrons. The quantitative estimate of drug-likeness (QED) is 0.269. The van der Waals surface area contributed by atoms with E-state index in [0.29, 0.717) is 22.2 Å². The maximum Gasteiger partial charge on any atom is 0.433 e. The van der Waals surface area contributed by atoms with Crippen LogP contribution in [-0.2, 0) is 25.4 Å². The van der Waals surface area contributed by atoms with Gasteiger partial charge in [0.1, 0.15) is 12.3 Å². The van der Waals surface area contributed by atoms with Crippen LogP contribution >= 0.6 is 11.6 Å². The molecule has 0 bridgehead atoms. The third kappa shape index (κ3) is 4.88. The predicted octanol–water partition coefficient (Wildman–Crippen LogP) is 5.91. The number of pyridine rings is 2. The fourth-order valence-corrected chi connectivity index (χ4v) is 4.63. The van der Waals surface area contributed by atoms with Crippen molar-refractivity contribution < 1.29 is 27.8 Å². The highest BCUT2D eigenvalue weighted by atomic mass is 35.5. The Balaban J connectivity index is 1.65. The van der Waals surface area contributed by atoms with Gasteiger partial charge in [0.15, 0.2) is 5.60 Å². The number of aromatic nitrogens is 4. The van der Waals surface area contributed by atoms with E-state index in [1.54, 1.807) is 29.8 Å². The minimum Gasteiger partial charge on any atom is -0.482 e. The van der Waals surface area contributed by atoms with Gasteiger partial charge in [-0.2, -0.15) is 13.2 Å². The van der Waals surface area contributed by atoms with E-state index in [4.69, 9.17) is 21.1 Å². The zero-order valence-corrected chi connectivity index (χ0v) is 21.5. The van der Waals surface area contributed by atoms with Crippen molar-refractivity contribution in [2.24, 2.45) is 7.05 Å². The second kappa shape index (κ2) is 10.2. The number of hydrogen-bond donors (Lipinski definition) is 1. The molecule has 7 nitrogen and oxygen atoms in total. The minimum atomic E-state index is -4.62. The van der Waals surface area contributed by atoms with Gasteiger partial charge < -0.3 is 19.1 Å². The SMILES string of the molecule is COc1nc2ccc(C(O)(c3ccc(C(F)(F)F)nc3)c3cncn3C)cc2c(Cl)c1OCc1ccccc1. The van der Waals surface area contributed by atoms with E-state index in [0.717, 1.165) is 17.8 Å². The number of alkyl halides is 3. The highest BCUT2D eigenvalue weighted by Gasteiger charge is 2.39. The van der Waals surface area contributed by atoms with Crippen molar-refractivity contribution in [1.29, 1.82) is 0 Å². The van der Waals surface area contributed by atoms with Crippen LogP contribution in [0, 0.1) is 0 Å². The molecule has 0 aliphatic rings. The molecule has 1 unspecified atom stereocenters. The van der Waals surface area contributed by atoms with Crippen molar-refractivity contribution in [3.8, 4) is 11.6 Å². The Labute approximate surface area is 226 Å². The molecule has 1 N–H and O–H groups in total. The van der Waals surface area contributed by atoms with Crippen molar-refractivity contribution in [2.45, 2.75) is 18.4 Å². The lowest BCUT2D eigenvalue weighted by atomic mass is 9.83. The molecule has 2 aromatic carbocycles. The van der Waals surface area contributed by atoms with Crippen molar-refractivity contribution in [1.82, 2.24) is 19.5 Å². The largest absolute Gasteiger partial charge is 0.482 e. The Bertz CT molecular complexity index is 1630. The van der Waals surface area contributed by atoms with Crippen molar-refractivity contribution >= 4 is 22.5 Å². The van der Waals surface area contributed by atoms with Gasteiger partial charge in [-0.05, 0) is 29.3 Å². The molecule has 0 fully saturated rings. The maximum absolute atomic E-state index is 13.2. The molecule has 200 valence electrons. The van der Waals surface area contributed by atoms with Crippen LogP contribution in [-0.4, -0.2) is 31.7 Å². The van der Waals surface area contributed by atoms with Gasteiger partial charge in [0.05, 0.1) is 35.9 Å². The first-order valence-electron chi connectivity index (χ1n) is 11.7. The van der Waals surface area contributed by atoms with Gasteiger partial charge in [0.2, 0.25) is 5.75 Å². The standard InChI is InChI=1S/C28H22ClF3N4O3/c1-36-16-33-14-23(36)27(37,19-9-11-22(34-13-19)28(30,31)32)18-8-10-21-20(12-18)24(29)25(26(35-21)38-2)39-15-17-6-4-3-5-7-17/h3-14,16,37H,15H2,1-2H3. The van der Waals surface area contributed by atoms with Crippen LogP contribution < -0.4 is 9.47 Å². The van der Waals surface area contributed by atoms with E-state index in [-0.39, 0.29) is 28.8 Å². The fourth-order valence-electron chi connectivity index (χ4n) is 4.35. The Kier molecular flexibility index (Phi) is 6.92. The van der Waals surface area contributed by atoms with E-state index >= 15 is 0 Å². The Morgan fingerprint density at radius 1 is 1.00 bits per heavy atom. The van der Waals surface area contributed by atoms with E-state index in [1.807, 2.05) is 30.3 Å². The number of fused-ring (bicyclic) bond motifs is 1. The Hall–Kier alpha value is -4.15. The summed E-state index contributed by atoms with van der Waals surface area (Å²) in [5, 5.41) is 12.8. The van der Waals surface area contributed by atoms with E-state index in [9.17, 15) is 18.3 Å². The summed E-state index contributed by atoms with van der Waals surface area (Å²) in [6.45, 7) is 0.208. The highest BCUT2D eigenvalue weighted by molar-refractivity contribution is 6.37. The normalized spacial score (nSPS) is 13.3. The summed E-state index contributed by atoms with van der Waals surface area (Å²) >= 11 is 6.81. The summed E-state index contributed by atoms with van der Waals surface area (Å²) in [6.07, 6.45) is -0.708. The number of hydrogen-bond acceptors (Lipinski definition) is 6. The van der Waals surface area contributed by atoms with Crippen LogP contribution in [0.2, 0.25) is 5.02 Å². The van der Waals surface area contributed by atoms with Crippen LogP contribution in [0.4, 0.5) is 13.2 Å². The molecule has 0 amide bonds. The topological polar surface area (TPSA) is 82.3 Å². The number of benzene rings is 2. The Morgan fingerprint density at radius 3 is 2.36 bits per heavy atom. The van der Waals surface area contributed by atoms with E-state index in [2.05, 4.69) is 15.0 Å². The molecule has 5 rings (SSSR count). The molecule has 1 atom stereocenters. The molecular weight excluding hydrogens is 533 g/mol. The van der Waals surface area contributed by atoms with Crippen LogP contribution in [0.3, 0.4) is 0 Å². The zero-order valence-electron chi connectivity index (χ0n) is 20.8. The molecule has 5 aromatic rings. The number of methoxy groups -OCH3 is 1. The summed E-state index contributed by atoms with van der Waals surface area (Å²) in [5.41, 5.74) is -0.904. The number of imidazole rings is 1. The summed E-state index contributed by atoms with van der Waals surface area (Å²) in [5.74, 6) is 0.401. The van der Waals surface area contributed by atoms with Gasteiger partial charge >= 0.3 is 6.18 Å². The first-order valence-corrected chi connectivity index (χ1v) is 12.1.